The van der Waals surface area contributed by atoms with E-state index in [1.165, 1.54) is 0 Å². The molecule has 7 nitrogen and oxygen atoms in total. The number of anilines is 1. The number of likely N-dealkylation sites (tertiary alicyclic amines) is 1. The number of para-hydroxylation sites is 1. The molecule has 1 saturated heterocycles. The first-order valence-electron chi connectivity index (χ1n) is 10.1. The highest BCUT2D eigenvalue weighted by Gasteiger charge is 2.43. The van der Waals surface area contributed by atoms with E-state index in [1.54, 1.807) is 18.6 Å². The first kappa shape index (κ1) is 18.1. The Bertz CT molecular complexity index is 1030. The molecular weight excluding hydrogens is 366 g/mol. The molecule has 1 aliphatic carbocycles. The van der Waals surface area contributed by atoms with Crippen LogP contribution in [0.2, 0.25) is 0 Å². The molecule has 2 aromatic heterocycles. The van der Waals surface area contributed by atoms with Crippen LogP contribution in [-0.2, 0) is 7.05 Å². The summed E-state index contributed by atoms with van der Waals surface area (Å²) in [6.45, 7) is 1.44. The van der Waals surface area contributed by atoms with Gasteiger partial charge in [-0.3, -0.25) is 9.78 Å². The van der Waals surface area contributed by atoms with Crippen molar-refractivity contribution in [1.82, 2.24) is 19.4 Å². The van der Waals surface area contributed by atoms with Crippen molar-refractivity contribution in [2.45, 2.75) is 25.0 Å². The average Bonchev–Trinajstić information content (AvgIpc) is 3.30. The maximum Gasteiger partial charge on any atom is 0.256 e. The first-order valence-corrected chi connectivity index (χ1v) is 10.1. The number of fused-ring (bicyclic) bond motifs is 2. The summed E-state index contributed by atoms with van der Waals surface area (Å²) in [7, 11) is 1.97. The molecule has 2 fully saturated rings. The second-order valence-electron chi connectivity index (χ2n) is 8.28. The predicted molar refractivity (Wildman–Crippen MR) is 110 cm³/mol. The molecule has 0 radical (unpaired) electrons. The highest BCUT2D eigenvalue weighted by molar-refractivity contribution is 6.07. The minimum atomic E-state index is -0.453. The monoisotopic (exact) mass is 391 g/mol. The molecule has 2 aliphatic rings. The van der Waals surface area contributed by atoms with Gasteiger partial charge in [-0.25, -0.2) is 4.98 Å². The van der Waals surface area contributed by atoms with E-state index >= 15 is 0 Å². The van der Waals surface area contributed by atoms with Crippen molar-refractivity contribution in [2.75, 3.05) is 18.4 Å². The van der Waals surface area contributed by atoms with Gasteiger partial charge >= 0.3 is 0 Å². The number of rotatable bonds is 3. The van der Waals surface area contributed by atoms with Gasteiger partial charge in [0, 0.05) is 49.6 Å². The molecule has 150 valence electrons. The third-order valence-electron chi connectivity index (χ3n) is 6.45. The number of benzene rings is 1. The van der Waals surface area contributed by atoms with E-state index in [9.17, 15) is 9.90 Å². The molecular formula is C22H25N5O2. The number of hydrogen-bond acceptors (Lipinski definition) is 5. The Hall–Kier alpha value is -2.93. The lowest BCUT2D eigenvalue weighted by Gasteiger charge is -2.35. The Kier molecular flexibility index (Phi) is 4.47. The number of hydrogen-bond donors (Lipinski definition) is 2. The highest BCUT2D eigenvalue weighted by Crippen LogP contribution is 2.38. The molecule has 1 amide bonds. The van der Waals surface area contributed by atoms with E-state index < -0.39 is 6.10 Å². The quantitative estimate of drug-likeness (QED) is 0.716. The van der Waals surface area contributed by atoms with E-state index in [-0.39, 0.29) is 11.9 Å². The third-order valence-corrected chi connectivity index (χ3v) is 6.45. The number of amides is 1. The van der Waals surface area contributed by atoms with Crippen LogP contribution >= 0.6 is 0 Å². The van der Waals surface area contributed by atoms with E-state index in [1.807, 2.05) is 47.0 Å². The van der Waals surface area contributed by atoms with Crippen molar-refractivity contribution < 1.29 is 9.90 Å². The zero-order valence-corrected chi connectivity index (χ0v) is 16.4. The van der Waals surface area contributed by atoms with Gasteiger partial charge in [0.25, 0.3) is 5.91 Å². The van der Waals surface area contributed by atoms with Gasteiger partial charge < -0.3 is 19.9 Å². The molecule has 5 rings (SSSR count). The number of aliphatic hydroxyl groups is 1. The maximum atomic E-state index is 13.3. The summed E-state index contributed by atoms with van der Waals surface area (Å²) in [4.78, 5) is 23.6. The van der Waals surface area contributed by atoms with Gasteiger partial charge in [0.05, 0.1) is 23.9 Å². The number of aromatic nitrogens is 3. The Balaban J connectivity index is 1.32. The Morgan fingerprint density at radius 3 is 2.76 bits per heavy atom. The number of carbonyl (C=O) groups is 1. The minimum absolute atomic E-state index is 0.0689. The van der Waals surface area contributed by atoms with Crippen molar-refractivity contribution in [1.29, 1.82) is 0 Å². The van der Waals surface area contributed by atoms with Crippen molar-refractivity contribution in [3.63, 3.8) is 0 Å². The normalized spacial score (nSPS) is 26.5. The second-order valence-corrected chi connectivity index (χ2v) is 8.28. The molecule has 4 atom stereocenters. The fourth-order valence-electron chi connectivity index (χ4n) is 5.00. The smallest absolute Gasteiger partial charge is 0.256 e. The zero-order valence-electron chi connectivity index (χ0n) is 16.4. The third kappa shape index (κ3) is 3.25. The van der Waals surface area contributed by atoms with Crippen LogP contribution in [0.25, 0.3) is 10.9 Å². The van der Waals surface area contributed by atoms with Crippen LogP contribution in [0.3, 0.4) is 0 Å². The van der Waals surface area contributed by atoms with E-state index in [2.05, 4.69) is 15.3 Å². The largest absolute Gasteiger partial charge is 0.391 e. The standard InChI is InChI=1S/C22H25N5O2/c1-26-13-17(16-4-2-3-5-19(16)26)22(29)27-11-14-8-18(20(28)9-15(14)12-27)25-21-10-23-6-7-24-21/h2-7,10,13-15,18,20,28H,8-9,11-12H2,1H3,(H,24,25)/t14-,15+,18-,20-/m1/s1. The summed E-state index contributed by atoms with van der Waals surface area (Å²) in [5.41, 5.74) is 1.83. The highest BCUT2D eigenvalue weighted by atomic mass is 16.3. The van der Waals surface area contributed by atoms with Crippen molar-refractivity contribution in [3.05, 3.63) is 54.6 Å². The molecule has 0 spiro atoms. The zero-order chi connectivity index (χ0) is 20.0. The van der Waals surface area contributed by atoms with Crippen molar-refractivity contribution in [3.8, 4) is 0 Å². The van der Waals surface area contributed by atoms with Crippen LogP contribution in [0.4, 0.5) is 5.82 Å². The molecule has 3 aromatic rings. The molecule has 1 saturated carbocycles. The summed E-state index contributed by atoms with van der Waals surface area (Å²) in [5.74, 6) is 1.48. The van der Waals surface area contributed by atoms with Gasteiger partial charge in [-0.05, 0) is 30.7 Å². The summed E-state index contributed by atoms with van der Waals surface area (Å²) in [6, 6.07) is 7.94. The van der Waals surface area contributed by atoms with Crippen molar-refractivity contribution >= 4 is 22.6 Å². The molecule has 3 heterocycles. The number of aliphatic hydroxyl groups excluding tert-OH is 1. The average molecular weight is 391 g/mol. The first-order chi connectivity index (χ1) is 14.1. The lowest BCUT2D eigenvalue weighted by molar-refractivity contribution is 0.0727. The lowest BCUT2D eigenvalue weighted by atomic mass is 9.77. The van der Waals surface area contributed by atoms with Crippen LogP contribution in [0.15, 0.2) is 49.1 Å². The second kappa shape index (κ2) is 7.15. The Labute approximate surface area is 169 Å². The van der Waals surface area contributed by atoms with Gasteiger partial charge in [-0.15, -0.1) is 0 Å². The summed E-state index contributed by atoms with van der Waals surface area (Å²) < 4.78 is 2.01. The Morgan fingerprint density at radius 1 is 1.17 bits per heavy atom. The summed E-state index contributed by atoms with van der Waals surface area (Å²) in [6.07, 6.45) is 7.94. The van der Waals surface area contributed by atoms with Gasteiger partial charge in [0.15, 0.2) is 0 Å². The van der Waals surface area contributed by atoms with Crippen molar-refractivity contribution in [2.24, 2.45) is 18.9 Å². The van der Waals surface area contributed by atoms with Crippen LogP contribution in [0, 0.1) is 11.8 Å². The number of nitrogens with zero attached hydrogens (tertiary/aromatic N) is 4. The van der Waals surface area contributed by atoms with Crippen LogP contribution in [0.5, 0.6) is 0 Å². The number of carbonyl (C=O) groups excluding carboxylic acids is 1. The molecule has 29 heavy (non-hydrogen) atoms. The Morgan fingerprint density at radius 2 is 1.97 bits per heavy atom. The summed E-state index contributed by atoms with van der Waals surface area (Å²) >= 11 is 0. The van der Waals surface area contributed by atoms with E-state index in [4.69, 9.17) is 0 Å². The number of nitrogens with one attached hydrogen (secondary N) is 1. The van der Waals surface area contributed by atoms with Gasteiger partial charge in [0.1, 0.15) is 5.82 Å². The molecule has 0 unspecified atom stereocenters. The lowest BCUT2D eigenvalue weighted by Crippen LogP contribution is -2.43. The fourth-order valence-corrected chi connectivity index (χ4v) is 5.00. The van der Waals surface area contributed by atoms with Crippen LogP contribution in [-0.4, -0.2) is 55.7 Å². The van der Waals surface area contributed by atoms with Gasteiger partial charge in [0.2, 0.25) is 0 Å². The topological polar surface area (TPSA) is 83.3 Å². The van der Waals surface area contributed by atoms with E-state index in [0.29, 0.717) is 30.6 Å². The maximum absolute atomic E-state index is 13.3. The summed E-state index contributed by atoms with van der Waals surface area (Å²) in [5, 5.41) is 15.0. The minimum Gasteiger partial charge on any atom is -0.391 e. The molecule has 2 N–H and O–H groups in total. The molecule has 1 aromatic carbocycles. The predicted octanol–water partition coefficient (Wildman–Crippen LogP) is 2.29. The molecule has 0 bridgehead atoms. The van der Waals surface area contributed by atoms with E-state index in [0.717, 1.165) is 29.4 Å². The van der Waals surface area contributed by atoms with Crippen LogP contribution in [0.1, 0.15) is 23.2 Å². The number of aryl methyl sites for hydroxylation is 1. The SMILES string of the molecule is Cn1cc(C(=O)N2C[C@H]3C[C@@H](Nc4cnccn4)[C@H](O)C[C@H]3C2)c2ccccc21. The molecule has 7 heteroatoms. The fraction of sp³-hybridized carbons (Fsp3) is 0.409. The van der Waals surface area contributed by atoms with Gasteiger partial charge in [-0.1, -0.05) is 18.2 Å². The molecule has 1 aliphatic heterocycles. The van der Waals surface area contributed by atoms with Gasteiger partial charge in [-0.2, -0.15) is 0 Å². The van der Waals surface area contributed by atoms with Crippen LogP contribution < -0.4 is 5.32 Å².